The van der Waals surface area contributed by atoms with E-state index in [4.69, 9.17) is 11.5 Å². The van der Waals surface area contributed by atoms with Crippen LogP contribution in [0.15, 0.2) is 48.5 Å². The van der Waals surface area contributed by atoms with Crippen LogP contribution in [0.5, 0.6) is 0 Å². The van der Waals surface area contributed by atoms with Gasteiger partial charge in [0, 0.05) is 22.5 Å². The number of aldehydes is 2. The van der Waals surface area contributed by atoms with Crippen LogP contribution < -0.4 is 11.5 Å². The molecule has 4 N–H and O–H groups in total. The van der Waals surface area contributed by atoms with Crippen LogP contribution in [0.25, 0.3) is 0 Å². The molecule has 0 aliphatic rings. The lowest BCUT2D eigenvalue weighted by Gasteiger charge is -1.92. The summed E-state index contributed by atoms with van der Waals surface area (Å²) in [6.07, 6.45) is 1.54. The Labute approximate surface area is 105 Å². The Kier molecular flexibility index (Phi) is 5.12. The molecule has 2 aromatic rings. The normalized spacial score (nSPS) is 8.89. The van der Waals surface area contributed by atoms with E-state index >= 15 is 0 Å². The standard InChI is InChI=1S/2C7H7NO/c8-7-3-1-6(5-9)2-4-7;8-7-4-2-1-3-6(7)5-9/h2*1-5H,8H2. The molecule has 92 valence electrons. The van der Waals surface area contributed by atoms with Crippen molar-refractivity contribution >= 4 is 23.9 Å². The number of nitrogens with two attached hydrogens (primary N) is 2. The summed E-state index contributed by atoms with van der Waals surface area (Å²) < 4.78 is 0. The van der Waals surface area contributed by atoms with Crippen molar-refractivity contribution in [3.63, 3.8) is 0 Å². The van der Waals surface area contributed by atoms with E-state index < -0.39 is 0 Å². The Bertz CT molecular complexity index is 522. The maximum Gasteiger partial charge on any atom is 0.152 e. The Morgan fingerprint density at radius 3 is 1.83 bits per heavy atom. The van der Waals surface area contributed by atoms with Crippen molar-refractivity contribution in [3.05, 3.63) is 59.7 Å². The summed E-state index contributed by atoms with van der Waals surface area (Å²) in [7, 11) is 0. The molecular formula is C14H14N2O2. The van der Waals surface area contributed by atoms with Crippen molar-refractivity contribution in [1.82, 2.24) is 0 Å². The summed E-state index contributed by atoms with van der Waals surface area (Å²) in [4.78, 5) is 20.2. The van der Waals surface area contributed by atoms with Gasteiger partial charge in [-0.1, -0.05) is 12.1 Å². The van der Waals surface area contributed by atoms with Crippen LogP contribution in [0.1, 0.15) is 20.7 Å². The van der Waals surface area contributed by atoms with Crippen LogP contribution in [0.3, 0.4) is 0 Å². The molecule has 0 bridgehead atoms. The van der Waals surface area contributed by atoms with Crippen LogP contribution in [0.4, 0.5) is 11.4 Å². The Morgan fingerprint density at radius 1 is 0.778 bits per heavy atom. The van der Waals surface area contributed by atoms with Gasteiger partial charge in [0.1, 0.15) is 6.29 Å². The molecule has 0 unspecified atom stereocenters. The van der Waals surface area contributed by atoms with Gasteiger partial charge < -0.3 is 11.5 Å². The average molecular weight is 242 g/mol. The van der Waals surface area contributed by atoms with E-state index in [0.29, 0.717) is 22.5 Å². The van der Waals surface area contributed by atoms with E-state index in [2.05, 4.69) is 0 Å². The minimum absolute atomic E-state index is 0.535. The molecule has 0 spiro atoms. The Morgan fingerprint density at radius 2 is 1.39 bits per heavy atom. The zero-order chi connectivity index (χ0) is 13.4. The molecule has 0 radical (unpaired) electrons. The lowest BCUT2D eigenvalue weighted by molar-refractivity contribution is 0.111. The van der Waals surface area contributed by atoms with Gasteiger partial charge in [-0.05, 0) is 36.4 Å². The van der Waals surface area contributed by atoms with Crippen LogP contribution in [0, 0.1) is 0 Å². The molecule has 4 nitrogen and oxygen atoms in total. The second-order valence-electron chi connectivity index (χ2n) is 3.53. The van der Waals surface area contributed by atoms with E-state index in [-0.39, 0.29) is 0 Å². The van der Waals surface area contributed by atoms with Crippen molar-refractivity contribution in [2.24, 2.45) is 0 Å². The first kappa shape index (κ1) is 13.4. The van der Waals surface area contributed by atoms with Gasteiger partial charge in [-0.2, -0.15) is 0 Å². The molecule has 0 aromatic heterocycles. The van der Waals surface area contributed by atoms with Gasteiger partial charge in [0.2, 0.25) is 0 Å². The fourth-order valence-electron chi connectivity index (χ4n) is 1.19. The van der Waals surface area contributed by atoms with Crippen molar-refractivity contribution in [1.29, 1.82) is 0 Å². The van der Waals surface area contributed by atoms with Crippen LogP contribution >= 0.6 is 0 Å². The zero-order valence-electron chi connectivity index (χ0n) is 9.74. The average Bonchev–Trinajstić information content (AvgIpc) is 2.41. The third-order valence-electron chi connectivity index (χ3n) is 2.20. The molecule has 4 heteroatoms. The summed E-state index contributed by atoms with van der Waals surface area (Å²) in [5, 5.41) is 0. The number of para-hydroxylation sites is 1. The van der Waals surface area contributed by atoms with E-state index in [1.807, 2.05) is 0 Å². The maximum absolute atomic E-state index is 10.1. The highest BCUT2D eigenvalue weighted by Gasteiger charge is 1.90. The molecule has 18 heavy (non-hydrogen) atoms. The largest absolute Gasteiger partial charge is 0.399 e. The first-order valence-electron chi connectivity index (χ1n) is 5.27. The van der Waals surface area contributed by atoms with Crippen molar-refractivity contribution < 1.29 is 9.59 Å². The Hall–Kier alpha value is -2.62. The number of anilines is 2. The van der Waals surface area contributed by atoms with Crippen LogP contribution in [0.2, 0.25) is 0 Å². The summed E-state index contributed by atoms with van der Waals surface area (Å²) >= 11 is 0. The lowest BCUT2D eigenvalue weighted by Crippen LogP contribution is -1.90. The number of carbonyl (C=O) groups is 2. The monoisotopic (exact) mass is 242 g/mol. The second kappa shape index (κ2) is 6.85. The summed E-state index contributed by atoms with van der Waals surface area (Å²) in [5.74, 6) is 0. The van der Waals surface area contributed by atoms with Gasteiger partial charge in [-0.3, -0.25) is 9.59 Å². The molecular weight excluding hydrogens is 228 g/mol. The molecule has 0 aliphatic heterocycles. The SMILES string of the molecule is Nc1ccc(C=O)cc1.Nc1ccccc1C=O. The number of benzene rings is 2. The summed E-state index contributed by atoms with van der Waals surface area (Å²) in [6.45, 7) is 0. The van der Waals surface area contributed by atoms with Crippen LogP contribution in [-0.2, 0) is 0 Å². The molecule has 0 heterocycles. The van der Waals surface area contributed by atoms with Crippen LogP contribution in [-0.4, -0.2) is 12.6 Å². The third kappa shape index (κ3) is 4.09. The number of hydrogen-bond donors (Lipinski definition) is 2. The second-order valence-corrected chi connectivity index (χ2v) is 3.53. The third-order valence-corrected chi connectivity index (χ3v) is 2.20. The van der Waals surface area contributed by atoms with Gasteiger partial charge in [0.15, 0.2) is 6.29 Å². The molecule has 0 saturated heterocycles. The van der Waals surface area contributed by atoms with Crippen molar-refractivity contribution in [2.75, 3.05) is 11.5 Å². The first-order valence-corrected chi connectivity index (χ1v) is 5.27. The van der Waals surface area contributed by atoms with E-state index in [1.165, 1.54) is 0 Å². The van der Waals surface area contributed by atoms with E-state index in [9.17, 15) is 9.59 Å². The summed E-state index contributed by atoms with van der Waals surface area (Å²) in [5.41, 5.74) is 13.2. The summed E-state index contributed by atoms with van der Waals surface area (Å²) in [6, 6.07) is 13.7. The predicted octanol–water partition coefficient (Wildman–Crippen LogP) is 2.16. The number of carbonyl (C=O) groups excluding carboxylic acids is 2. The highest BCUT2D eigenvalue weighted by molar-refractivity contribution is 5.82. The maximum atomic E-state index is 10.1. The smallest absolute Gasteiger partial charge is 0.152 e. The van der Waals surface area contributed by atoms with E-state index in [0.717, 1.165) is 12.6 Å². The minimum Gasteiger partial charge on any atom is -0.399 e. The van der Waals surface area contributed by atoms with Gasteiger partial charge in [0.25, 0.3) is 0 Å². The van der Waals surface area contributed by atoms with E-state index in [1.54, 1.807) is 48.5 Å². The van der Waals surface area contributed by atoms with Crippen molar-refractivity contribution in [2.45, 2.75) is 0 Å². The fourth-order valence-corrected chi connectivity index (χ4v) is 1.19. The lowest BCUT2D eigenvalue weighted by atomic mass is 10.2. The fraction of sp³-hybridized carbons (Fsp3) is 0. The van der Waals surface area contributed by atoms with Crippen molar-refractivity contribution in [3.8, 4) is 0 Å². The quantitative estimate of drug-likeness (QED) is 0.624. The first-order chi connectivity index (χ1) is 8.67. The highest BCUT2D eigenvalue weighted by atomic mass is 16.1. The molecule has 0 saturated carbocycles. The Balaban J connectivity index is 0.000000180. The number of nitrogen functional groups attached to an aromatic ring is 2. The molecule has 2 aromatic carbocycles. The van der Waals surface area contributed by atoms with Gasteiger partial charge >= 0.3 is 0 Å². The van der Waals surface area contributed by atoms with Gasteiger partial charge in [0.05, 0.1) is 0 Å². The minimum atomic E-state index is 0.535. The molecule has 0 amide bonds. The molecule has 2 rings (SSSR count). The topological polar surface area (TPSA) is 86.2 Å². The predicted molar refractivity (Wildman–Crippen MR) is 72.5 cm³/mol. The molecule has 0 atom stereocenters. The van der Waals surface area contributed by atoms with Gasteiger partial charge in [-0.25, -0.2) is 0 Å². The highest BCUT2D eigenvalue weighted by Crippen LogP contribution is 2.05. The molecule has 0 fully saturated rings. The number of hydrogen-bond acceptors (Lipinski definition) is 4. The zero-order valence-corrected chi connectivity index (χ0v) is 9.74. The number of rotatable bonds is 2. The van der Waals surface area contributed by atoms with Gasteiger partial charge in [-0.15, -0.1) is 0 Å². The molecule has 0 aliphatic carbocycles.